The van der Waals surface area contributed by atoms with E-state index in [2.05, 4.69) is 15.3 Å². The Morgan fingerprint density at radius 1 is 1.28 bits per heavy atom. The second-order valence-electron chi connectivity index (χ2n) is 5.98. The van der Waals surface area contributed by atoms with Gasteiger partial charge in [-0.1, -0.05) is 23.9 Å². The maximum atomic E-state index is 12.1. The van der Waals surface area contributed by atoms with E-state index in [9.17, 15) is 9.59 Å². The van der Waals surface area contributed by atoms with Gasteiger partial charge in [0.05, 0.1) is 0 Å². The summed E-state index contributed by atoms with van der Waals surface area (Å²) in [6.07, 6.45) is 2.50. The van der Waals surface area contributed by atoms with Crippen LogP contribution in [0.2, 0.25) is 0 Å². The molecule has 0 aliphatic rings. The van der Waals surface area contributed by atoms with Crippen LogP contribution in [-0.4, -0.2) is 36.2 Å². The van der Waals surface area contributed by atoms with Crippen molar-refractivity contribution in [3.63, 3.8) is 0 Å². The first kappa shape index (κ1) is 19.1. The highest BCUT2D eigenvalue weighted by molar-refractivity contribution is 7.98. The number of amides is 1. The third kappa shape index (κ3) is 5.35. The van der Waals surface area contributed by atoms with Crippen molar-refractivity contribution >= 4 is 23.4 Å². The van der Waals surface area contributed by atoms with Crippen LogP contribution in [0.15, 0.2) is 34.2 Å². The smallest absolute Gasteiger partial charge is 0.254 e. The van der Waals surface area contributed by atoms with Gasteiger partial charge >= 0.3 is 0 Å². The number of thioether (sulfide) groups is 1. The van der Waals surface area contributed by atoms with Crippen LogP contribution >= 0.6 is 11.8 Å². The maximum Gasteiger partial charge on any atom is 0.254 e. The predicted octanol–water partition coefficient (Wildman–Crippen LogP) is 2.12. The minimum atomic E-state index is -0.163. The predicted molar refractivity (Wildman–Crippen MR) is 102 cm³/mol. The van der Waals surface area contributed by atoms with Gasteiger partial charge in [-0.3, -0.25) is 9.59 Å². The number of hydrogen-bond donors (Lipinski definition) is 2. The summed E-state index contributed by atoms with van der Waals surface area (Å²) in [5.74, 6) is -0.0792. The first-order chi connectivity index (χ1) is 11.9. The van der Waals surface area contributed by atoms with Crippen molar-refractivity contribution in [3.05, 3.63) is 51.4 Å². The fraction of sp³-hybridized carbons (Fsp3) is 0.389. The van der Waals surface area contributed by atoms with Crippen LogP contribution in [0.4, 0.5) is 5.69 Å². The van der Waals surface area contributed by atoms with E-state index in [-0.39, 0.29) is 17.9 Å². The van der Waals surface area contributed by atoms with Crippen LogP contribution < -0.4 is 15.8 Å². The van der Waals surface area contributed by atoms with Gasteiger partial charge in [0.1, 0.15) is 0 Å². The fourth-order valence-electron chi connectivity index (χ4n) is 2.42. The Labute approximate surface area is 152 Å². The van der Waals surface area contributed by atoms with E-state index >= 15 is 0 Å². The number of benzene rings is 1. The maximum absolute atomic E-state index is 12.1. The summed E-state index contributed by atoms with van der Waals surface area (Å²) >= 11 is 1.39. The van der Waals surface area contributed by atoms with Crippen molar-refractivity contribution in [1.29, 1.82) is 0 Å². The van der Waals surface area contributed by atoms with Gasteiger partial charge in [-0.05, 0) is 37.3 Å². The molecule has 0 saturated heterocycles. The number of carbonyl (C=O) groups is 1. The number of aromatic nitrogens is 2. The quantitative estimate of drug-likeness (QED) is 0.584. The van der Waals surface area contributed by atoms with Gasteiger partial charge in [0, 0.05) is 44.0 Å². The van der Waals surface area contributed by atoms with E-state index in [1.165, 1.54) is 11.8 Å². The third-order valence-corrected chi connectivity index (χ3v) is 4.52. The molecule has 2 aromatic rings. The Hall–Kier alpha value is -2.28. The number of nitrogens with one attached hydrogen (secondary N) is 2. The van der Waals surface area contributed by atoms with E-state index in [1.54, 1.807) is 6.92 Å². The monoisotopic (exact) mass is 360 g/mol. The SMILES string of the molecule is CSc1nc(C)c(CCC(=O)NCc2ccc(N(C)C)cc2)c(=O)[nH]1. The van der Waals surface area contributed by atoms with E-state index in [0.29, 0.717) is 29.4 Å². The number of carbonyl (C=O) groups excluding carboxylic acids is 1. The Kier molecular flexibility index (Phi) is 6.64. The molecule has 1 aromatic carbocycles. The molecule has 2 rings (SSSR count). The molecule has 0 unspecified atom stereocenters. The lowest BCUT2D eigenvalue weighted by atomic mass is 10.1. The van der Waals surface area contributed by atoms with Gasteiger partial charge in [-0.2, -0.15) is 0 Å². The number of anilines is 1. The highest BCUT2D eigenvalue weighted by atomic mass is 32.2. The van der Waals surface area contributed by atoms with Crippen LogP contribution in [0, 0.1) is 6.92 Å². The van der Waals surface area contributed by atoms with E-state index < -0.39 is 0 Å². The molecule has 1 aromatic heterocycles. The summed E-state index contributed by atoms with van der Waals surface area (Å²) in [4.78, 5) is 33.2. The molecule has 0 saturated carbocycles. The zero-order valence-electron chi connectivity index (χ0n) is 15.0. The van der Waals surface area contributed by atoms with Gasteiger partial charge in [0.25, 0.3) is 5.56 Å². The average Bonchev–Trinajstić information content (AvgIpc) is 2.59. The topological polar surface area (TPSA) is 78.1 Å². The summed E-state index contributed by atoms with van der Waals surface area (Å²) in [6.45, 7) is 2.28. The van der Waals surface area contributed by atoms with E-state index in [0.717, 1.165) is 11.3 Å². The molecule has 6 nitrogen and oxygen atoms in total. The van der Waals surface area contributed by atoms with Gasteiger partial charge < -0.3 is 15.2 Å². The van der Waals surface area contributed by atoms with Gasteiger partial charge in [0.2, 0.25) is 5.91 Å². The Bertz CT molecular complexity index is 785. The van der Waals surface area contributed by atoms with Gasteiger partial charge in [-0.15, -0.1) is 0 Å². The molecule has 0 spiro atoms. The molecular weight excluding hydrogens is 336 g/mol. The van der Waals surface area contributed by atoms with Crippen molar-refractivity contribution in [3.8, 4) is 0 Å². The van der Waals surface area contributed by atoms with E-state index in [1.807, 2.05) is 49.5 Å². The van der Waals surface area contributed by atoms with E-state index in [4.69, 9.17) is 0 Å². The summed E-state index contributed by atoms with van der Waals surface area (Å²) < 4.78 is 0. The molecule has 134 valence electrons. The zero-order valence-corrected chi connectivity index (χ0v) is 15.9. The molecule has 0 atom stereocenters. The van der Waals surface area contributed by atoms with Crippen LogP contribution in [0.3, 0.4) is 0 Å². The minimum Gasteiger partial charge on any atom is -0.378 e. The first-order valence-electron chi connectivity index (χ1n) is 8.07. The molecule has 25 heavy (non-hydrogen) atoms. The third-order valence-electron chi connectivity index (χ3n) is 3.94. The molecule has 0 aliphatic carbocycles. The number of aromatic amines is 1. The molecule has 1 heterocycles. The number of aryl methyl sites for hydroxylation is 1. The van der Waals surface area contributed by atoms with Crippen molar-refractivity contribution in [1.82, 2.24) is 15.3 Å². The highest BCUT2D eigenvalue weighted by Crippen LogP contribution is 2.12. The molecule has 0 aliphatic heterocycles. The van der Waals surface area contributed by atoms with Crippen LogP contribution in [0.5, 0.6) is 0 Å². The molecule has 0 bridgehead atoms. The van der Waals surface area contributed by atoms with Gasteiger partial charge in [0.15, 0.2) is 5.16 Å². The lowest BCUT2D eigenvalue weighted by molar-refractivity contribution is -0.121. The molecule has 0 radical (unpaired) electrons. The fourth-order valence-corrected chi connectivity index (χ4v) is 2.84. The Balaban J connectivity index is 1.88. The number of rotatable bonds is 7. The normalized spacial score (nSPS) is 10.6. The highest BCUT2D eigenvalue weighted by Gasteiger charge is 2.10. The lowest BCUT2D eigenvalue weighted by Crippen LogP contribution is -2.25. The summed E-state index contributed by atoms with van der Waals surface area (Å²) in [5, 5.41) is 3.48. The lowest BCUT2D eigenvalue weighted by Gasteiger charge is -2.13. The van der Waals surface area contributed by atoms with Crippen molar-refractivity contribution in [2.45, 2.75) is 31.5 Å². The van der Waals surface area contributed by atoms with Crippen LogP contribution in [-0.2, 0) is 17.8 Å². The summed E-state index contributed by atoms with van der Waals surface area (Å²) in [5.41, 5.74) is 3.25. The first-order valence-corrected chi connectivity index (χ1v) is 9.30. The molecule has 0 fully saturated rings. The van der Waals surface area contributed by atoms with Crippen molar-refractivity contribution < 1.29 is 4.79 Å². The second kappa shape index (κ2) is 8.71. The Morgan fingerprint density at radius 3 is 2.52 bits per heavy atom. The molecule has 7 heteroatoms. The molecule has 1 amide bonds. The van der Waals surface area contributed by atoms with Crippen LogP contribution in [0.1, 0.15) is 23.2 Å². The number of H-pyrrole nitrogens is 1. The largest absolute Gasteiger partial charge is 0.378 e. The number of hydrogen-bond acceptors (Lipinski definition) is 5. The van der Waals surface area contributed by atoms with Crippen molar-refractivity contribution in [2.75, 3.05) is 25.3 Å². The average molecular weight is 360 g/mol. The Morgan fingerprint density at radius 2 is 1.96 bits per heavy atom. The molecule has 2 N–H and O–H groups in total. The van der Waals surface area contributed by atoms with Crippen LogP contribution in [0.25, 0.3) is 0 Å². The summed E-state index contributed by atoms with van der Waals surface area (Å²) in [7, 11) is 3.97. The minimum absolute atomic E-state index is 0.0792. The molecular formula is C18H24N4O2S. The van der Waals surface area contributed by atoms with Gasteiger partial charge in [-0.25, -0.2) is 4.98 Å². The van der Waals surface area contributed by atoms with Crippen molar-refractivity contribution in [2.24, 2.45) is 0 Å². The second-order valence-corrected chi connectivity index (χ2v) is 6.77. The number of nitrogens with zero attached hydrogens (tertiary/aromatic N) is 2. The standard InChI is InChI=1S/C18H24N4O2S/c1-12-15(17(24)21-18(20-12)25-4)9-10-16(23)19-11-13-5-7-14(8-6-13)22(2)3/h5-8H,9-11H2,1-4H3,(H,19,23)(H,20,21,24). The zero-order chi connectivity index (χ0) is 18.4. The summed E-state index contributed by atoms with van der Waals surface area (Å²) in [6, 6.07) is 8.03.